The van der Waals surface area contributed by atoms with Crippen LogP contribution in [0, 0.1) is 0 Å². The molecule has 0 spiro atoms. The summed E-state index contributed by atoms with van der Waals surface area (Å²) in [6.45, 7) is 34.3. The first-order chi connectivity index (χ1) is 28.1. The Hall–Kier alpha value is -2.60. The number of nitrogens with two attached hydrogens (primary N) is 2. The summed E-state index contributed by atoms with van der Waals surface area (Å²) in [4.78, 5) is 8.26. The average molecular weight is 891 g/mol. The number of fused-ring (bicyclic) bond motifs is 8. The normalized spacial score (nSPS) is 13.6. The molecule has 0 aliphatic carbocycles. The van der Waals surface area contributed by atoms with E-state index in [4.69, 9.17) is 30.4 Å². The molecular weight excluding hydrogens is 821 g/mol. The molecule has 0 saturated carbocycles. The summed E-state index contributed by atoms with van der Waals surface area (Å²) in [6.07, 6.45) is 1.75. The van der Waals surface area contributed by atoms with Crippen LogP contribution in [0.5, 0.6) is 23.0 Å². The predicted molar refractivity (Wildman–Crippen MR) is 258 cm³/mol. The van der Waals surface area contributed by atoms with Crippen molar-refractivity contribution < 1.29 is 18.9 Å². The van der Waals surface area contributed by atoms with E-state index in [9.17, 15) is 0 Å². The van der Waals surface area contributed by atoms with Crippen LogP contribution in [0.1, 0.15) is 132 Å². The fourth-order valence-corrected chi connectivity index (χ4v) is 11.2. The molecule has 4 aromatic carbocycles. The van der Waals surface area contributed by atoms with Gasteiger partial charge in [-0.1, -0.05) is 144 Å². The third-order valence-corrected chi connectivity index (χ3v) is 14.2. The van der Waals surface area contributed by atoms with Gasteiger partial charge in [-0.2, -0.15) is 0 Å². The van der Waals surface area contributed by atoms with Gasteiger partial charge < -0.3 is 30.4 Å². The van der Waals surface area contributed by atoms with Crippen LogP contribution in [0.2, 0.25) is 0 Å². The van der Waals surface area contributed by atoms with E-state index in [0.29, 0.717) is 39.5 Å². The smallest absolute Gasteiger partial charge is 0.147 e. The van der Waals surface area contributed by atoms with Crippen LogP contribution in [0.4, 0.5) is 0 Å². The minimum absolute atomic E-state index is 0.141. The SMILES string of the molecule is CCCOc1c2cc(C(C)(C)C)cc1Sc1cc(C(C)(C)C)cc(c1OCCN)Sc1cc(C(C)(C)C)cc(c1OCCC)Sc1cc(C(C)(C)C)cc(c1OCCN)S2. The molecule has 1 aliphatic rings. The molecule has 5 rings (SSSR count). The van der Waals surface area contributed by atoms with Gasteiger partial charge in [0.05, 0.1) is 52.4 Å². The number of hydrogen-bond acceptors (Lipinski definition) is 10. The summed E-state index contributed by atoms with van der Waals surface area (Å²) in [5.41, 5.74) is 16.7. The minimum atomic E-state index is -0.142. The number of rotatable bonds is 12. The second-order valence-corrected chi connectivity index (χ2v) is 23.9. The van der Waals surface area contributed by atoms with Crippen LogP contribution in [0.15, 0.2) is 87.7 Å². The van der Waals surface area contributed by atoms with E-state index in [1.165, 1.54) is 22.3 Å². The predicted octanol–water partition coefficient (Wildman–Crippen LogP) is 14.0. The Morgan fingerprint density at radius 3 is 0.683 bits per heavy atom. The lowest BCUT2D eigenvalue weighted by molar-refractivity contribution is 0.301. The maximum absolute atomic E-state index is 6.85. The van der Waals surface area contributed by atoms with E-state index in [-0.39, 0.29) is 21.7 Å². The molecule has 1 aliphatic heterocycles. The fourth-order valence-electron chi connectivity index (χ4n) is 6.42. The van der Waals surface area contributed by atoms with Gasteiger partial charge in [0.25, 0.3) is 0 Å². The molecule has 8 bridgehead atoms. The third kappa shape index (κ3) is 11.9. The average Bonchev–Trinajstić information content (AvgIpc) is 3.14. The molecule has 0 fully saturated rings. The van der Waals surface area contributed by atoms with Gasteiger partial charge in [-0.05, 0) is 105 Å². The highest BCUT2D eigenvalue weighted by atomic mass is 32.2. The molecule has 0 unspecified atom stereocenters. The van der Waals surface area contributed by atoms with Gasteiger partial charge in [-0.25, -0.2) is 0 Å². The molecule has 328 valence electrons. The van der Waals surface area contributed by atoms with Crippen LogP contribution in [-0.2, 0) is 21.7 Å². The first-order valence-electron chi connectivity index (χ1n) is 21.5. The molecule has 0 saturated heterocycles. The van der Waals surface area contributed by atoms with Crippen molar-refractivity contribution in [2.75, 3.05) is 39.5 Å². The summed E-state index contributed by atoms with van der Waals surface area (Å²) in [5, 5.41) is 0. The molecule has 4 N–H and O–H groups in total. The van der Waals surface area contributed by atoms with Gasteiger partial charge >= 0.3 is 0 Å². The quantitative estimate of drug-likeness (QED) is 0.126. The number of benzene rings is 4. The Bertz CT molecular complexity index is 1730. The van der Waals surface area contributed by atoms with Crippen molar-refractivity contribution in [2.24, 2.45) is 11.5 Å². The zero-order valence-corrected chi connectivity index (χ0v) is 42.0. The van der Waals surface area contributed by atoms with Crippen molar-refractivity contribution in [3.63, 3.8) is 0 Å². The van der Waals surface area contributed by atoms with Crippen LogP contribution in [0.25, 0.3) is 0 Å². The molecule has 6 nitrogen and oxygen atoms in total. The van der Waals surface area contributed by atoms with E-state index >= 15 is 0 Å². The monoisotopic (exact) mass is 890 g/mol. The maximum Gasteiger partial charge on any atom is 0.147 e. The first-order valence-corrected chi connectivity index (χ1v) is 24.7. The molecule has 1 heterocycles. The van der Waals surface area contributed by atoms with E-state index < -0.39 is 0 Å². The Balaban J connectivity index is 2.02. The maximum atomic E-state index is 6.85. The van der Waals surface area contributed by atoms with Crippen LogP contribution < -0.4 is 30.4 Å². The lowest BCUT2D eigenvalue weighted by Gasteiger charge is -2.28. The zero-order valence-electron chi connectivity index (χ0n) is 38.7. The zero-order chi connectivity index (χ0) is 44.2. The molecule has 0 radical (unpaired) electrons. The Kier molecular flexibility index (Phi) is 16.0. The second kappa shape index (κ2) is 19.8. The van der Waals surface area contributed by atoms with Crippen LogP contribution >= 0.6 is 47.0 Å². The summed E-state index contributed by atoms with van der Waals surface area (Å²) in [7, 11) is 0. The number of ether oxygens (including phenoxy) is 4. The lowest BCUT2D eigenvalue weighted by atomic mass is 9.87. The highest BCUT2D eigenvalue weighted by Crippen LogP contribution is 2.56. The van der Waals surface area contributed by atoms with E-state index in [0.717, 1.165) is 75.0 Å². The van der Waals surface area contributed by atoms with E-state index in [2.05, 4.69) is 145 Å². The number of hydrogen-bond donors (Lipinski definition) is 2. The molecular formula is C50H70N2O4S4. The van der Waals surface area contributed by atoms with Gasteiger partial charge in [0, 0.05) is 13.1 Å². The van der Waals surface area contributed by atoms with Gasteiger partial charge in [0.1, 0.15) is 36.2 Å². The molecule has 60 heavy (non-hydrogen) atoms. The van der Waals surface area contributed by atoms with E-state index in [1.807, 2.05) is 0 Å². The summed E-state index contributed by atoms with van der Waals surface area (Å²) in [6, 6.07) is 18.5. The highest BCUT2D eigenvalue weighted by Gasteiger charge is 2.30. The van der Waals surface area contributed by atoms with Crippen molar-refractivity contribution in [3.05, 3.63) is 70.8 Å². The van der Waals surface area contributed by atoms with Crippen molar-refractivity contribution >= 4 is 47.0 Å². The van der Waals surface area contributed by atoms with Crippen molar-refractivity contribution in [3.8, 4) is 23.0 Å². The minimum Gasteiger partial charge on any atom is -0.491 e. The summed E-state index contributed by atoms with van der Waals surface area (Å²) >= 11 is 6.87. The molecule has 0 aromatic heterocycles. The Morgan fingerprint density at radius 1 is 0.350 bits per heavy atom. The summed E-state index contributed by atoms with van der Waals surface area (Å²) in [5.74, 6) is 3.37. The molecule has 4 aromatic rings. The van der Waals surface area contributed by atoms with Gasteiger partial charge in [-0.3, -0.25) is 0 Å². The first kappa shape index (κ1) is 48.4. The third-order valence-electron chi connectivity index (χ3n) is 10.1. The highest BCUT2D eigenvalue weighted by molar-refractivity contribution is 8.01. The standard InChI is InChI=1S/C50H70N2O4S4/c1-15-19-53-43-35-23-31(47(3,4)5)24-36(43)58-40-28-34(50(12,13)14)30-42(46(40)56-22-18-52)60-38-26-32(48(6,7)8)25-37(44(38)54-20-16-2)59-41-29-33(49(9,10)11)27-39(57-35)45(41)55-21-17-51/h23-30H,15-22,51-52H2,1-14H3. The second-order valence-electron chi connectivity index (χ2n) is 19.6. The molecule has 10 heteroatoms. The van der Waals surface area contributed by atoms with Crippen molar-refractivity contribution in [1.82, 2.24) is 0 Å². The summed E-state index contributed by atoms with van der Waals surface area (Å²) < 4.78 is 27.2. The van der Waals surface area contributed by atoms with Gasteiger partial charge in [0.2, 0.25) is 0 Å². The Labute approximate surface area is 379 Å². The fraction of sp³-hybridized carbons (Fsp3) is 0.520. The lowest BCUT2D eigenvalue weighted by Crippen LogP contribution is -2.15. The largest absolute Gasteiger partial charge is 0.491 e. The van der Waals surface area contributed by atoms with Crippen LogP contribution in [0.3, 0.4) is 0 Å². The van der Waals surface area contributed by atoms with Crippen LogP contribution in [-0.4, -0.2) is 39.5 Å². The van der Waals surface area contributed by atoms with Crippen molar-refractivity contribution in [1.29, 1.82) is 0 Å². The topological polar surface area (TPSA) is 89.0 Å². The molecule has 0 atom stereocenters. The molecule has 0 amide bonds. The van der Waals surface area contributed by atoms with E-state index in [1.54, 1.807) is 47.0 Å². The van der Waals surface area contributed by atoms with Gasteiger partial charge in [-0.15, -0.1) is 0 Å². The van der Waals surface area contributed by atoms with Crippen molar-refractivity contribution in [2.45, 2.75) is 171 Å². The Morgan fingerprint density at radius 2 is 0.533 bits per heavy atom. The van der Waals surface area contributed by atoms with Gasteiger partial charge in [0.15, 0.2) is 0 Å².